The molecule has 28 nitrogen and oxygen atoms in total. The van der Waals surface area contributed by atoms with E-state index >= 15 is 0 Å². The van der Waals surface area contributed by atoms with E-state index in [1.807, 2.05) is 20.8 Å². The van der Waals surface area contributed by atoms with Crippen molar-refractivity contribution in [3.05, 3.63) is 71.4 Å². The number of aliphatic hydroxyl groups excluding tert-OH is 18. The summed E-state index contributed by atoms with van der Waals surface area (Å²) in [7, 11) is 1.37. The minimum Gasteiger partial charge on any atom is -0.394 e. The summed E-state index contributed by atoms with van der Waals surface area (Å²) < 4.78 is 50.8. The molecule has 1 aliphatic carbocycles. The zero-order valence-corrected chi connectivity index (χ0v) is 48.6. The predicted octanol–water partition coefficient (Wildman–Crippen LogP) is -5.51. The van der Waals surface area contributed by atoms with Gasteiger partial charge in [0.25, 0.3) is 0 Å². The quantitative estimate of drug-likeness (QED) is 0.0257. The summed E-state index contributed by atoms with van der Waals surface area (Å²) in [6.07, 6.45) is -29.0. The van der Waals surface area contributed by atoms with Gasteiger partial charge in [0.05, 0.1) is 45.2 Å². The molecule has 5 aliphatic rings. The van der Waals surface area contributed by atoms with Gasteiger partial charge in [-0.25, -0.2) is 0 Å². The van der Waals surface area contributed by atoms with Crippen LogP contribution in [0.2, 0.25) is 0 Å². The smallest absolute Gasteiger partial charge is 0.187 e. The molecule has 18 N–H and O–H groups in total. The summed E-state index contributed by atoms with van der Waals surface area (Å²) in [4.78, 5) is 13.5. The highest BCUT2D eigenvalue weighted by atomic mass is 16.8. The van der Waals surface area contributed by atoms with E-state index in [-0.39, 0.29) is 37.1 Å². The molecule has 0 bridgehead atoms. The van der Waals surface area contributed by atoms with Gasteiger partial charge in [0.1, 0.15) is 122 Å². The molecule has 0 amide bonds. The largest absolute Gasteiger partial charge is 0.394 e. The molecule has 0 aromatic rings. The fourth-order valence-corrected chi connectivity index (χ4v) is 10.5. The van der Waals surface area contributed by atoms with Crippen LogP contribution < -0.4 is 0 Å². The van der Waals surface area contributed by atoms with Crippen molar-refractivity contribution in [3.63, 3.8) is 0 Å². The molecule has 28 heteroatoms. The summed E-state index contributed by atoms with van der Waals surface area (Å²) in [5, 5.41) is 192. The van der Waals surface area contributed by atoms with Crippen LogP contribution in [0.25, 0.3) is 0 Å². The lowest BCUT2D eigenvalue weighted by Gasteiger charge is -2.48. The van der Waals surface area contributed by atoms with E-state index in [0.29, 0.717) is 16.7 Å². The summed E-state index contributed by atoms with van der Waals surface area (Å²) >= 11 is 0. The lowest BCUT2D eigenvalue weighted by atomic mass is 9.71. The van der Waals surface area contributed by atoms with Crippen molar-refractivity contribution >= 4 is 5.78 Å². The molecular weight excluding hydrogens is 1130 g/mol. The Kier molecular flexibility index (Phi) is 28.9. The van der Waals surface area contributed by atoms with E-state index in [2.05, 4.69) is 0 Å². The van der Waals surface area contributed by atoms with E-state index in [0.717, 1.165) is 0 Å². The summed E-state index contributed by atoms with van der Waals surface area (Å²) in [5.74, 6) is -1.46. The van der Waals surface area contributed by atoms with Crippen LogP contribution in [0.3, 0.4) is 0 Å². The molecule has 0 spiro atoms. The normalized spacial score (nSPS) is 40.5. The molecule has 0 aromatic carbocycles. The van der Waals surface area contributed by atoms with E-state index in [9.17, 15) is 96.7 Å². The first kappa shape index (κ1) is 72.8. The monoisotopic (exact) mass is 1220 g/mol. The van der Waals surface area contributed by atoms with Crippen LogP contribution in [0.15, 0.2) is 71.4 Å². The first-order valence-corrected chi connectivity index (χ1v) is 28.4. The van der Waals surface area contributed by atoms with E-state index in [1.54, 1.807) is 57.2 Å². The van der Waals surface area contributed by atoms with Crippen molar-refractivity contribution in [2.45, 2.75) is 214 Å². The Bertz CT molecular complexity index is 2220. The third-order valence-electron chi connectivity index (χ3n) is 16.0. The van der Waals surface area contributed by atoms with Gasteiger partial charge in [-0.05, 0) is 55.7 Å². The molecule has 0 saturated carbocycles. The maximum Gasteiger partial charge on any atom is 0.187 e. The molecule has 488 valence electrons. The predicted molar refractivity (Wildman–Crippen MR) is 292 cm³/mol. The Hall–Kier alpha value is -2.97. The third kappa shape index (κ3) is 18.6. The van der Waals surface area contributed by atoms with Crippen LogP contribution in [0.5, 0.6) is 0 Å². The Balaban J connectivity index is 1.23. The minimum absolute atomic E-state index is 0.0586. The molecule has 4 heterocycles. The number of aliphatic hydroxyl groups is 18. The van der Waals surface area contributed by atoms with Gasteiger partial charge in [0.15, 0.2) is 30.9 Å². The number of ether oxygens (including phenoxy) is 9. The number of carbonyl (C=O) groups is 1. The Labute approximate surface area is 492 Å². The average Bonchev–Trinajstić information content (AvgIpc) is 2.14. The summed E-state index contributed by atoms with van der Waals surface area (Å²) in [6.45, 7) is 7.15. The number of ketones is 1. The highest BCUT2D eigenvalue weighted by Gasteiger charge is 2.55. The van der Waals surface area contributed by atoms with Gasteiger partial charge < -0.3 is 135 Å². The number of methoxy groups -OCH3 is 1. The van der Waals surface area contributed by atoms with Crippen LogP contribution >= 0.6 is 0 Å². The van der Waals surface area contributed by atoms with E-state index in [1.165, 1.54) is 25.3 Å². The second-order valence-corrected chi connectivity index (χ2v) is 22.8. The number of hydrogen-bond acceptors (Lipinski definition) is 28. The van der Waals surface area contributed by atoms with Gasteiger partial charge >= 0.3 is 0 Å². The van der Waals surface area contributed by atoms with Gasteiger partial charge in [-0.1, -0.05) is 81.9 Å². The zero-order valence-electron chi connectivity index (χ0n) is 48.6. The van der Waals surface area contributed by atoms with Crippen molar-refractivity contribution in [3.8, 4) is 0 Å². The zero-order chi connectivity index (χ0) is 63.3. The molecule has 4 saturated heterocycles. The van der Waals surface area contributed by atoms with Crippen molar-refractivity contribution < 1.29 is 139 Å². The lowest BCUT2D eigenvalue weighted by molar-refractivity contribution is -0.382. The Morgan fingerprint density at radius 1 is 0.612 bits per heavy atom. The van der Waals surface area contributed by atoms with Crippen LogP contribution in [0.4, 0.5) is 0 Å². The lowest BCUT2D eigenvalue weighted by Crippen LogP contribution is -2.67. The molecule has 0 radical (unpaired) electrons. The maximum absolute atomic E-state index is 13.5. The van der Waals surface area contributed by atoms with Gasteiger partial charge in [-0.15, -0.1) is 0 Å². The SMILES string of the molecule is CO[C@H](/C=C/C(C)C)[C@@H](O)[C@H](O)[C@H](O)/C=C/CC1=C[C@H](O)[C@H]([C@@H](C)/C=C/C=C(\C)[C@H](O)C/C=C(/C)CO[C@@H]2O[C@H](CO[C@@H]3O[C@H](CO)[C@@H](O)[C@H](O)[C@H]3O)[C@@H](O)[C@H](O[C@@H]3O[C@H](CO)[C@@H](O)[C@H](O[C@@H]4O[C@H](CO)[C@@H](O)[C@H](O)[C@H]4O)[C@H]3O)[C@H]2O)[C@@H](C)C1=O. The van der Waals surface area contributed by atoms with Crippen LogP contribution in [0, 0.1) is 23.7 Å². The fourth-order valence-electron chi connectivity index (χ4n) is 10.5. The number of Topliss-reactive ketones (excluding diaryl/α,β-unsaturated/α-hetero) is 1. The second kappa shape index (κ2) is 33.7. The Morgan fingerprint density at radius 2 is 1.12 bits per heavy atom. The van der Waals surface area contributed by atoms with Crippen molar-refractivity contribution in [1.82, 2.24) is 0 Å². The van der Waals surface area contributed by atoms with Gasteiger partial charge in [-0.2, -0.15) is 0 Å². The van der Waals surface area contributed by atoms with Crippen LogP contribution in [0.1, 0.15) is 54.4 Å². The van der Waals surface area contributed by atoms with Crippen molar-refractivity contribution in [1.29, 1.82) is 0 Å². The van der Waals surface area contributed by atoms with Gasteiger partial charge in [0, 0.05) is 18.9 Å². The molecule has 0 unspecified atom stereocenters. The number of carbonyl (C=O) groups excluding carboxylic acids is 1. The number of rotatable bonds is 28. The Morgan fingerprint density at radius 3 is 1.68 bits per heavy atom. The maximum atomic E-state index is 13.5. The van der Waals surface area contributed by atoms with E-state index < -0.39 is 198 Å². The molecular formula is C57H92O28. The number of allylic oxidation sites excluding steroid dienone is 6. The fraction of sp³-hybridized carbons (Fsp3) is 0.772. The first-order valence-electron chi connectivity index (χ1n) is 28.4. The third-order valence-corrected chi connectivity index (χ3v) is 16.0. The first-order chi connectivity index (χ1) is 40.1. The molecule has 29 atom stereocenters. The summed E-state index contributed by atoms with van der Waals surface area (Å²) in [6, 6.07) is 0. The van der Waals surface area contributed by atoms with Crippen LogP contribution in [-0.4, -0.2) is 297 Å². The molecule has 4 aliphatic heterocycles. The highest BCUT2D eigenvalue weighted by molar-refractivity contribution is 5.98. The van der Waals surface area contributed by atoms with Gasteiger partial charge in [0.2, 0.25) is 0 Å². The molecule has 85 heavy (non-hydrogen) atoms. The second-order valence-electron chi connectivity index (χ2n) is 22.8. The van der Waals surface area contributed by atoms with Crippen LogP contribution in [-0.2, 0) is 47.4 Å². The van der Waals surface area contributed by atoms with E-state index in [4.69, 9.17) is 42.6 Å². The number of hydrogen-bond donors (Lipinski definition) is 18. The minimum atomic E-state index is -2.10. The van der Waals surface area contributed by atoms with Gasteiger partial charge in [-0.3, -0.25) is 4.79 Å². The molecule has 0 aromatic heterocycles. The molecule has 5 rings (SSSR count). The highest BCUT2D eigenvalue weighted by Crippen LogP contribution is 2.36. The van der Waals surface area contributed by atoms with Crippen molar-refractivity contribution in [2.24, 2.45) is 23.7 Å². The summed E-state index contributed by atoms with van der Waals surface area (Å²) in [5.41, 5.74) is 1.35. The van der Waals surface area contributed by atoms with Crippen molar-refractivity contribution in [2.75, 3.05) is 40.1 Å². The average molecular weight is 1230 g/mol. The standard InChI is InChI=1S/C57H92O28/c1-24(2)14-17-33(77-7)41(66)40(65)31(62)13-9-12-29-18-32(63)38(28(6)39(29)64)27(5)11-8-10-26(4)30(61)16-15-25(3)22-78-55-50(75)53(45(70)37(83-55)23-79-54-48(73)46(71)42(67)34(19-58)80-54)85-57-51(76)52(44(69)36(21-60)82-57)84-56-49(74)47(72)43(68)35(20-59)81-56/h8-11,13-15,17-18,24,27-28,30-38,40-63,65-76H,12,16,19-23H2,1-7H3/b11-8+,13-9+,17-14+,25-15-,26-10+/t27-,28+,30+,31+,32-,33+,34+,35+,36+,37+,38+,40+,41+,42+,43+,44+,45+,46-,47-,48+,49+,50+,51+,52-,53-,54+,55+,56-,57-/m0/s1. The molecule has 4 fully saturated rings. The topological polar surface area (TPSA) is 464 Å².